The Balaban J connectivity index is 1.44. The molecule has 1 amide bonds. The highest BCUT2D eigenvalue weighted by molar-refractivity contribution is 5.84. The van der Waals surface area contributed by atoms with Crippen molar-refractivity contribution in [3.05, 3.63) is 60.4 Å². The Morgan fingerprint density at radius 3 is 2.65 bits per heavy atom. The van der Waals surface area contributed by atoms with Gasteiger partial charge in [-0.25, -0.2) is 4.98 Å². The first-order valence-electron chi connectivity index (χ1n) is 8.79. The van der Waals surface area contributed by atoms with Crippen LogP contribution >= 0.6 is 0 Å². The zero-order chi connectivity index (χ0) is 18.1. The Bertz CT molecular complexity index is 926. The summed E-state index contributed by atoms with van der Waals surface area (Å²) in [6.45, 7) is 0.712. The molecule has 1 aromatic heterocycles. The fourth-order valence-corrected chi connectivity index (χ4v) is 3.60. The minimum Gasteiger partial charge on any atom is -0.393 e. The molecule has 0 spiro atoms. The molecule has 26 heavy (non-hydrogen) atoms. The van der Waals surface area contributed by atoms with Gasteiger partial charge in [0, 0.05) is 18.8 Å². The quantitative estimate of drug-likeness (QED) is 0.653. The van der Waals surface area contributed by atoms with Crippen molar-refractivity contribution in [3.63, 3.8) is 0 Å². The lowest BCUT2D eigenvalue weighted by molar-refractivity contribution is -0.143. The summed E-state index contributed by atoms with van der Waals surface area (Å²) in [6.07, 6.45) is 2.30. The number of nitrogens with zero attached hydrogens (tertiary/aromatic N) is 2. The number of amides is 1. The molecular weight excluding hydrogens is 328 g/mol. The molecule has 1 aliphatic rings. The van der Waals surface area contributed by atoms with Gasteiger partial charge < -0.3 is 16.2 Å². The molecule has 0 bridgehead atoms. The van der Waals surface area contributed by atoms with Crippen molar-refractivity contribution < 1.29 is 9.90 Å². The van der Waals surface area contributed by atoms with Crippen LogP contribution in [0.15, 0.2) is 54.9 Å². The van der Waals surface area contributed by atoms with E-state index in [0.717, 1.165) is 22.3 Å². The molecular formula is C20H22N4O2. The van der Waals surface area contributed by atoms with Crippen molar-refractivity contribution >= 4 is 16.9 Å². The third-order valence-electron chi connectivity index (χ3n) is 5.25. The van der Waals surface area contributed by atoms with Crippen LogP contribution in [0.25, 0.3) is 16.7 Å². The Morgan fingerprint density at radius 2 is 1.96 bits per heavy atom. The average molecular weight is 350 g/mol. The molecule has 0 atom stereocenters. The van der Waals surface area contributed by atoms with Crippen molar-refractivity contribution in [2.45, 2.75) is 25.5 Å². The van der Waals surface area contributed by atoms with Gasteiger partial charge in [0.05, 0.1) is 22.6 Å². The number of carbonyl (C=O) groups is 1. The number of benzene rings is 2. The van der Waals surface area contributed by atoms with Crippen LogP contribution in [0.2, 0.25) is 0 Å². The molecule has 0 radical (unpaired) electrons. The summed E-state index contributed by atoms with van der Waals surface area (Å²) in [5, 5.41) is 12.4. The molecule has 1 saturated carbocycles. The van der Waals surface area contributed by atoms with Crippen molar-refractivity contribution in [2.75, 3.05) is 6.54 Å². The Kier molecular flexibility index (Phi) is 4.22. The van der Waals surface area contributed by atoms with E-state index >= 15 is 0 Å². The van der Waals surface area contributed by atoms with Gasteiger partial charge in [-0.2, -0.15) is 0 Å². The first kappa shape index (κ1) is 16.8. The SMILES string of the molecule is NCC1(C(=O)NCc2ccc(-n3cnc4ccccc43)cc2)CC(O)C1. The summed E-state index contributed by atoms with van der Waals surface area (Å²) >= 11 is 0. The van der Waals surface area contributed by atoms with Gasteiger partial charge in [0.2, 0.25) is 5.91 Å². The number of hydrogen-bond donors (Lipinski definition) is 3. The van der Waals surface area contributed by atoms with E-state index in [1.54, 1.807) is 0 Å². The van der Waals surface area contributed by atoms with Crippen LogP contribution in [0.3, 0.4) is 0 Å². The van der Waals surface area contributed by atoms with Crippen LogP contribution in [-0.2, 0) is 11.3 Å². The van der Waals surface area contributed by atoms with Gasteiger partial charge in [-0.05, 0) is 42.7 Å². The Morgan fingerprint density at radius 1 is 1.23 bits per heavy atom. The number of aromatic nitrogens is 2. The van der Waals surface area contributed by atoms with Gasteiger partial charge in [-0.15, -0.1) is 0 Å². The zero-order valence-electron chi connectivity index (χ0n) is 14.4. The predicted octanol–water partition coefficient (Wildman–Crippen LogP) is 1.74. The van der Waals surface area contributed by atoms with E-state index in [9.17, 15) is 9.90 Å². The summed E-state index contributed by atoms with van der Waals surface area (Å²) in [6, 6.07) is 16.0. The van der Waals surface area contributed by atoms with Crippen LogP contribution in [0.4, 0.5) is 0 Å². The molecule has 0 saturated heterocycles. The molecule has 4 rings (SSSR count). The average Bonchev–Trinajstić information content (AvgIpc) is 3.08. The summed E-state index contributed by atoms with van der Waals surface area (Å²) in [4.78, 5) is 16.8. The fourth-order valence-electron chi connectivity index (χ4n) is 3.60. The van der Waals surface area contributed by atoms with Crippen LogP contribution < -0.4 is 11.1 Å². The summed E-state index contributed by atoms with van der Waals surface area (Å²) in [5.74, 6) is -0.0741. The Labute approximate surface area is 151 Å². The molecule has 1 heterocycles. The molecule has 0 unspecified atom stereocenters. The molecule has 2 aromatic carbocycles. The number of nitrogens with one attached hydrogen (secondary N) is 1. The number of carbonyl (C=O) groups excluding carboxylic acids is 1. The van der Waals surface area contributed by atoms with E-state index in [0.29, 0.717) is 19.4 Å². The molecule has 1 fully saturated rings. The fraction of sp³-hybridized carbons (Fsp3) is 0.300. The van der Waals surface area contributed by atoms with Crippen LogP contribution in [0, 0.1) is 5.41 Å². The number of rotatable bonds is 5. The van der Waals surface area contributed by atoms with Gasteiger partial charge in [-0.1, -0.05) is 24.3 Å². The highest BCUT2D eigenvalue weighted by Gasteiger charge is 2.48. The first-order valence-corrected chi connectivity index (χ1v) is 8.79. The largest absolute Gasteiger partial charge is 0.393 e. The third kappa shape index (κ3) is 2.87. The van der Waals surface area contributed by atoms with Gasteiger partial charge in [0.25, 0.3) is 0 Å². The number of fused-ring (bicyclic) bond motifs is 1. The number of imidazole rings is 1. The van der Waals surface area contributed by atoms with E-state index in [2.05, 4.69) is 10.3 Å². The van der Waals surface area contributed by atoms with Gasteiger partial charge in [-0.3, -0.25) is 9.36 Å². The maximum absolute atomic E-state index is 12.4. The summed E-state index contributed by atoms with van der Waals surface area (Å²) in [7, 11) is 0. The monoisotopic (exact) mass is 350 g/mol. The third-order valence-corrected chi connectivity index (χ3v) is 5.25. The zero-order valence-corrected chi connectivity index (χ0v) is 14.4. The van der Waals surface area contributed by atoms with E-state index in [4.69, 9.17) is 5.73 Å². The first-order chi connectivity index (χ1) is 12.6. The number of hydrogen-bond acceptors (Lipinski definition) is 4. The summed E-state index contributed by atoms with van der Waals surface area (Å²) < 4.78 is 2.04. The number of aliphatic hydroxyl groups excluding tert-OH is 1. The van der Waals surface area contributed by atoms with Crippen molar-refractivity contribution in [1.82, 2.24) is 14.9 Å². The highest BCUT2D eigenvalue weighted by Crippen LogP contribution is 2.40. The molecule has 4 N–H and O–H groups in total. The van der Waals surface area contributed by atoms with Crippen molar-refractivity contribution in [1.29, 1.82) is 0 Å². The number of nitrogens with two attached hydrogens (primary N) is 1. The van der Waals surface area contributed by atoms with Crippen LogP contribution in [0.5, 0.6) is 0 Å². The topological polar surface area (TPSA) is 93.2 Å². The van der Waals surface area contributed by atoms with E-state index in [1.165, 1.54) is 0 Å². The Hall–Kier alpha value is -2.70. The predicted molar refractivity (Wildman–Crippen MR) is 99.6 cm³/mol. The number of para-hydroxylation sites is 2. The highest BCUT2D eigenvalue weighted by atomic mass is 16.3. The van der Waals surface area contributed by atoms with Crippen molar-refractivity contribution in [3.8, 4) is 5.69 Å². The van der Waals surface area contributed by atoms with E-state index in [1.807, 2.05) is 59.4 Å². The molecule has 1 aliphatic carbocycles. The lowest BCUT2D eigenvalue weighted by Crippen LogP contribution is -2.55. The van der Waals surface area contributed by atoms with Crippen molar-refractivity contribution in [2.24, 2.45) is 11.1 Å². The van der Waals surface area contributed by atoms with Crippen LogP contribution in [0.1, 0.15) is 18.4 Å². The van der Waals surface area contributed by atoms with Gasteiger partial charge in [0.1, 0.15) is 6.33 Å². The minimum atomic E-state index is -0.602. The standard InChI is InChI=1S/C20H22N4O2/c21-12-20(9-16(25)10-20)19(26)22-11-14-5-7-15(8-6-14)24-13-23-17-3-1-2-4-18(17)24/h1-8,13,16,25H,9-12,21H2,(H,22,26). The van der Waals surface area contributed by atoms with E-state index in [-0.39, 0.29) is 12.5 Å². The normalized spacial score (nSPS) is 22.2. The second-order valence-electron chi connectivity index (χ2n) is 7.00. The summed E-state index contributed by atoms with van der Waals surface area (Å²) in [5.41, 5.74) is 9.19. The minimum absolute atomic E-state index is 0.0741. The second-order valence-corrected chi connectivity index (χ2v) is 7.00. The molecule has 6 nitrogen and oxygen atoms in total. The number of aliphatic hydroxyl groups is 1. The molecule has 6 heteroatoms. The van der Waals surface area contributed by atoms with E-state index < -0.39 is 11.5 Å². The molecule has 134 valence electrons. The second kappa shape index (κ2) is 6.55. The van der Waals surface area contributed by atoms with Gasteiger partial charge >= 0.3 is 0 Å². The molecule has 0 aliphatic heterocycles. The maximum atomic E-state index is 12.4. The maximum Gasteiger partial charge on any atom is 0.227 e. The smallest absolute Gasteiger partial charge is 0.227 e. The molecule has 3 aromatic rings. The van der Waals surface area contributed by atoms with Crippen LogP contribution in [-0.4, -0.2) is 33.2 Å². The lowest BCUT2D eigenvalue weighted by Gasteiger charge is -2.42. The lowest BCUT2D eigenvalue weighted by atomic mass is 9.66. The van der Waals surface area contributed by atoms with Gasteiger partial charge in [0.15, 0.2) is 0 Å².